The number of fused-ring (bicyclic) bond motifs is 1. The van der Waals surface area contributed by atoms with Crippen LogP contribution in [0.4, 0.5) is 0 Å². The van der Waals surface area contributed by atoms with Crippen LogP contribution in [0.5, 0.6) is 0 Å². The molecule has 2 aromatic rings. The van der Waals surface area contributed by atoms with Gasteiger partial charge in [-0.05, 0) is 12.1 Å². The van der Waals surface area contributed by atoms with Gasteiger partial charge in [0.15, 0.2) is 0 Å². The number of nitrogens with two attached hydrogens (primary N) is 1. The van der Waals surface area contributed by atoms with E-state index < -0.39 is 5.91 Å². The lowest BCUT2D eigenvalue weighted by Crippen LogP contribution is -2.14. The standard InChI is InChI=1S/C10H8ClN3O/c11-9-6(4-8(12)15)5-14-7-2-1-3-13-10(7)9/h1-3,5H,4H2,(H2,12,15). The molecule has 0 saturated heterocycles. The number of halogens is 1. The van der Waals surface area contributed by atoms with Gasteiger partial charge in [-0.3, -0.25) is 14.8 Å². The molecule has 76 valence electrons. The molecule has 0 radical (unpaired) electrons. The number of aromatic nitrogens is 2. The molecule has 0 unspecified atom stereocenters. The van der Waals surface area contributed by atoms with Crippen molar-refractivity contribution in [2.24, 2.45) is 5.73 Å². The third-order valence-corrected chi connectivity index (χ3v) is 2.42. The fourth-order valence-corrected chi connectivity index (χ4v) is 1.60. The summed E-state index contributed by atoms with van der Waals surface area (Å²) in [5.74, 6) is -0.436. The maximum absolute atomic E-state index is 10.8. The minimum absolute atomic E-state index is 0.0817. The van der Waals surface area contributed by atoms with Gasteiger partial charge in [-0.2, -0.15) is 0 Å². The van der Waals surface area contributed by atoms with Crippen LogP contribution >= 0.6 is 11.6 Å². The summed E-state index contributed by atoms with van der Waals surface area (Å²) in [5.41, 5.74) is 7.00. The van der Waals surface area contributed by atoms with Gasteiger partial charge in [0.2, 0.25) is 5.91 Å². The zero-order chi connectivity index (χ0) is 10.8. The highest BCUT2D eigenvalue weighted by Crippen LogP contribution is 2.23. The second-order valence-corrected chi connectivity index (χ2v) is 3.49. The first-order chi connectivity index (χ1) is 7.18. The van der Waals surface area contributed by atoms with Crippen molar-refractivity contribution < 1.29 is 4.79 Å². The van der Waals surface area contributed by atoms with Gasteiger partial charge in [-0.15, -0.1) is 0 Å². The molecule has 0 fully saturated rings. The third kappa shape index (κ3) is 1.89. The Kier molecular flexibility index (Phi) is 2.51. The predicted octanol–water partition coefficient (Wildman–Crippen LogP) is 1.31. The highest BCUT2D eigenvalue weighted by molar-refractivity contribution is 6.35. The molecule has 15 heavy (non-hydrogen) atoms. The molecule has 2 aromatic heterocycles. The number of amides is 1. The van der Waals surface area contributed by atoms with Gasteiger partial charge in [-0.25, -0.2) is 0 Å². The average Bonchev–Trinajstić information content (AvgIpc) is 2.22. The fourth-order valence-electron chi connectivity index (χ4n) is 1.34. The Balaban J connectivity index is 2.59. The van der Waals surface area contributed by atoms with Gasteiger partial charge in [0.25, 0.3) is 0 Å². The lowest BCUT2D eigenvalue weighted by Gasteiger charge is -2.03. The van der Waals surface area contributed by atoms with Gasteiger partial charge < -0.3 is 5.73 Å². The van der Waals surface area contributed by atoms with Crippen molar-refractivity contribution in [1.82, 2.24) is 9.97 Å². The molecular formula is C10H8ClN3O. The largest absolute Gasteiger partial charge is 0.369 e. The molecule has 0 saturated carbocycles. The molecule has 1 amide bonds. The Morgan fingerprint density at radius 1 is 1.47 bits per heavy atom. The maximum atomic E-state index is 10.8. The molecule has 0 bridgehead atoms. The van der Waals surface area contributed by atoms with E-state index in [1.807, 2.05) is 6.07 Å². The van der Waals surface area contributed by atoms with Gasteiger partial charge >= 0.3 is 0 Å². The first kappa shape index (κ1) is 9.86. The quantitative estimate of drug-likeness (QED) is 0.831. The van der Waals surface area contributed by atoms with E-state index in [-0.39, 0.29) is 6.42 Å². The van der Waals surface area contributed by atoms with E-state index in [1.165, 1.54) is 0 Å². The normalized spacial score (nSPS) is 10.5. The summed E-state index contributed by atoms with van der Waals surface area (Å²) < 4.78 is 0. The van der Waals surface area contributed by atoms with Crippen molar-refractivity contribution in [3.63, 3.8) is 0 Å². The first-order valence-corrected chi connectivity index (χ1v) is 4.72. The number of carbonyl (C=O) groups is 1. The van der Waals surface area contributed by atoms with Crippen LogP contribution in [-0.2, 0) is 11.2 Å². The Labute approximate surface area is 91.1 Å². The van der Waals surface area contributed by atoms with E-state index >= 15 is 0 Å². The maximum Gasteiger partial charge on any atom is 0.221 e. The first-order valence-electron chi connectivity index (χ1n) is 4.35. The topological polar surface area (TPSA) is 68.9 Å². The zero-order valence-corrected chi connectivity index (χ0v) is 8.53. The Morgan fingerprint density at radius 2 is 2.27 bits per heavy atom. The van der Waals surface area contributed by atoms with Crippen LogP contribution in [-0.4, -0.2) is 15.9 Å². The SMILES string of the molecule is NC(=O)Cc1cnc2cccnc2c1Cl. The average molecular weight is 222 g/mol. The molecule has 2 heterocycles. The van der Waals surface area contributed by atoms with Crippen LogP contribution in [0.3, 0.4) is 0 Å². The van der Waals surface area contributed by atoms with E-state index in [0.29, 0.717) is 21.6 Å². The van der Waals surface area contributed by atoms with Crippen LogP contribution in [0, 0.1) is 0 Å². The molecule has 0 aromatic carbocycles. The van der Waals surface area contributed by atoms with E-state index in [4.69, 9.17) is 17.3 Å². The van der Waals surface area contributed by atoms with Gasteiger partial charge in [0, 0.05) is 18.0 Å². The number of primary amides is 1. The van der Waals surface area contributed by atoms with Crippen molar-refractivity contribution >= 4 is 28.5 Å². The lowest BCUT2D eigenvalue weighted by molar-refractivity contribution is -0.117. The summed E-state index contributed by atoms with van der Waals surface area (Å²) >= 11 is 6.08. The van der Waals surface area contributed by atoms with Crippen LogP contribution in [0.2, 0.25) is 5.02 Å². The lowest BCUT2D eigenvalue weighted by atomic mass is 10.2. The van der Waals surface area contributed by atoms with Crippen LogP contribution in [0.25, 0.3) is 11.0 Å². The minimum atomic E-state index is -0.436. The summed E-state index contributed by atoms with van der Waals surface area (Å²) in [7, 11) is 0. The van der Waals surface area contributed by atoms with E-state index in [0.717, 1.165) is 0 Å². The van der Waals surface area contributed by atoms with Crippen LogP contribution in [0.1, 0.15) is 5.56 Å². The molecule has 0 spiro atoms. The fraction of sp³-hybridized carbons (Fsp3) is 0.100. The molecule has 5 heteroatoms. The molecule has 2 rings (SSSR count). The molecule has 0 aliphatic heterocycles. The number of hydrogen-bond donors (Lipinski definition) is 1. The monoisotopic (exact) mass is 221 g/mol. The Morgan fingerprint density at radius 3 is 3.00 bits per heavy atom. The number of carbonyl (C=O) groups excluding carboxylic acids is 1. The summed E-state index contributed by atoms with van der Waals surface area (Å²) in [6.07, 6.45) is 3.26. The molecule has 2 N–H and O–H groups in total. The third-order valence-electron chi connectivity index (χ3n) is 2.00. The number of nitrogens with zero attached hydrogens (tertiary/aromatic N) is 2. The summed E-state index contributed by atoms with van der Waals surface area (Å²) in [6, 6.07) is 3.59. The van der Waals surface area contributed by atoms with Gasteiger partial charge in [0.05, 0.1) is 17.0 Å². The zero-order valence-electron chi connectivity index (χ0n) is 7.77. The Bertz CT molecular complexity index is 527. The Hall–Kier alpha value is -1.68. The van der Waals surface area contributed by atoms with Gasteiger partial charge in [0.1, 0.15) is 5.52 Å². The van der Waals surface area contributed by atoms with Crippen molar-refractivity contribution in [1.29, 1.82) is 0 Å². The van der Waals surface area contributed by atoms with E-state index in [9.17, 15) is 4.79 Å². The highest BCUT2D eigenvalue weighted by Gasteiger charge is 2.09. The molecule has 4 nitrogen and oxygen atoms in total. The molecule has 0 aliphatic rings. The second kappa shape index (κ2) is 3.82. The number of rotatable bonds is 2. The summed E-state index contributed by atoms with van der Waals surface area (Å²) in [6.45, 7) is 0. The second-order valence-electron chi connectivity index (χ2n) is 3.11. The van der Waals surface area contributed by atoms with E-state index in [1.54, 1.807) is 18.5 Å². The number of pyridine rings is 2. The molecule has 0 aliphatic carbocycles. The van der Waals surface area contributed by atoms with Crippen molar-refractivity contribution in [3.05, 3.63) is 35.1 Å². The molecule has 0 atom stereocenters. The number of hydrogen-bond acceptors (Lipinski definition) is 3. The van der Waals surface area contributed by atoms with Crippen LogP contribution < -0.4 is 5.73 Å². The van der Waals surface area contributed by atoms with Crippen molar-refractivity contribution in [2.45, 2.75) is 6.42 Å². The highest BCUT2D eigenvalue weighted by atomic mass is 35.5. The minimum Gasteiger partial charge on any atom is -0.369 e. The van der Waals surface area contributed by atoms with E-state index in [2.05, 4.69) is 9.97 Å². The summed E-state index contributed by atoms with van der Waals surface area (Å²) in [4.78, 5) is 19.0. The van der Waals surface area contributed by atoms with Crippen molar-refractivity contribution in [2.75, 3.05) is 0 Å². The predicted molar refractivity (Wildman–Crippen MR) is 57.4 cm³/mol. The van der Waals surface area contributed by atoms with Crippen molar-refractivity contribution in [3.8, 4) is 0 Å². The smallest absolute Gasteiger partial charge is 0.221 e. The summed E-state index contributed by atoms with van der Waals surface area (Å²) in [5, 5.41) is 0.444. The van der Waals surface area contributed by atoms with Gasteiger partial charge in [-0.1, -0.05) is 11.6 Å². The molecular weight excluding hydrogens is 214 g/mol. The van der Waals surface area contributed by atoms with Crippen LogP contribution in [0.15, 0.2) is 24.5 Å².